The standard InChI is InChI=1S/C19H27NO/c1-14-9-10-17(12-15(14)2)19(21)13-20-11-5-7-16-6-3-4-8-18(16)20/h9-10,12,16,18H,3-8,11,13H2,1-2H3. The Morgan fingerprint density at radius 1 is 1.10 bits per heavy atom. The Morgan fingerprint density at radius 3 is 2.67 bits per heavy atom. The molecule has 1 aromatic rings. The first-order chi connectivity index (χ1) is 10.1. The fraction of sp³-hybridized carbons (Fsp3) is 0.632. The maximum Gasteiger partial charge on any atom is 0.176 e. The van der Waals surface area contributed by atoms with Gasteiger partial charge in [0.1, 0.15) is 0 Å². The number of aryl methyl sites for hydroxylation is 2. The molecule has 0 bridgehead atoms. The van der Waals surface area contributed by atoms with Gasteiger partial charge < -0.3 is 0 Å². The largest absolute Gasteiger partial charge is 0.293 e. The van der Waals surface area contributed by atoms with Crippen molar-refractivity contribution in [2.75, 3.05) is 13.1 Å². The number of piperidine rings is 1. The number of hydrogen-bond acceptors (Lipinski definition) is 2. The summed E-state index contributed by atoms with van der Waals surface area (Å²) in [5.74, 6) is 1.14. The van der Waals surface area contributed by atoms with Crippen LogP contribution in [0.15, 0.2) is 18.2 Å². The monoisotopic (exact) mass is 285 g/mol. The summed E-state index contributed by atoms with van der Waals surface area (Å²) in [7, 11) is 0. The Balaban J connectivity index is 1.69. The number of carbonyl (C=O) groups excluding carboxylic acids is 1. The third kappa shape index (κ3) is 3.21. The minimum atomic E-state index is 0.296. The van der Waals surface area contributed by atoms with Crippen molar-refractivity contribution in [1.29, 1.82) is 0 Å². The van der Waals surface area contributed by atoms with Crippen molar-refractivity contribution in [3.8, 4) is 0 Å². The molecular weight excluding hydrogens is 258 g/mol. The SMILES string of the molecule is Cc1ccc(C(=O)CN2CCCC3CCCCC32)cc1C. The number of benzene rings is 1. The second-order valence-electron chi connectivity index (χ2n) is 6.95. The van der Waals surface area contributed by atoms with Crippen LogP contribution in [0, 0.1) is 19.8 Å². The van der Waals surface area contributed by atoms with Crippen LogP contribution in [0.25, 0.3) is 0 Å². The van der Waals surface area contributed by atoms with Gasteiger partial charge in [0, 0.05) is 11.6 Å². The minimum Gasteiger partial charge on any atom is -0.293 e. The number of fused-ring (bicyclic) bond motifs is 1. The van der Waals surface area contributed by atoms with Gasteiger partial charge in [0.15, 0.2) is 5.78 Å². The Kier molecular flexibility index (Phi) is 4.44. The lowest BCUT2D eigenvalue weighted by atomic mass is 9.78. The molecule has 0 N–H and O–H groups in total. The quantitative estimate of drug-likeness (QED) is 0.778. The molecule has 0 spiro atoms. The predicted molar refractivity (Wildman–Crippen MR) is 86.8 cm³/mol. The van der Waals surface area contributed by atoms with Gasteiger partial charge in [0.2, 0.25) is 0 Å². The van der Waals surface area contributed by atoms with Gasteiger partial charge in [0.25, 0.3) is 0 Å². The normalized spacial score (nSPS) is 26.4. The Labute approximate surface area is 128 Å². The summed E-state index contributed by atoms with van der Waals surface area (Å²) in [4.78, 5) is 15.1. The van der Waals surface area contributed by atoms with Gasteiger partial charge in [-0.05, 0) is 69.2 Å². The lowest BCUT2D eigenvalue weighted by Gasteiger charge is -2.43. The van der Waals surface area contributed by atoms with Crippen molar-refractivity contribution in [1.82, 2.24) is 4.90 Å². The molecule has 1 aliphatic carbocycles. The Morgan fingerprint density at radius 2 is 1.86 bits per heavy atom. The van der Waals surface area contributed by atoms with Crippen molar-refractivity contribution in [3.63, 3.8) is 0 Å². The van der Waals surface area contributed by atoms with Crippen LogP contribution < -0.4 is 0 Å². The van der Waals surface area contributed by atoms with Crippen molar-refractivity contribution < 1.29 is 4.79 Å². The Hall–Kier alpha value is -1.15. The molecule has 1 heterocycles. The third-order valence-corrected chi connectivity index (χ3v) is 5.53. The lowest BCUT2D eigenvalue weighted by Crippen LogP contribution is -2.48. The van der Waals surface area contributed by atoms with E-state index in [0.717, 1.165) is 18.0 Å². The number of nitrogens with zero attached hydrogens (tertiary/aromatic N) is 1. The van der Waals surface area contributed by atoms with E-state index in [9.17, 15) is 4.79 Å². The fourth-order valence-electron chi connectivity index (χ4n) is 4.11. The van der Waals surface area contributed by atoms with Crippen LogP contribution in [-0.2, 0) is 0 Å². The molecule has 2 atom stereocenters. The van der Waals surface area contributed by atoms with E-state index < -0.39 is 0 Å². The van der Waals surface area contributed by atoms with E-state index in [2.05, 4.69) is 30.9 Å². The lowest BCUT2D eigenvalue weighted by molar-refractivity contribution is 0.0539. The molecule has 3 rings (SSSR count). The summed E-state index contributed by atoms with van der Waals surface area (Å²) in [5.41, 5.74) is 3.36. The zero-order chi connectivity index (χ0) is 14.8. The van der Waals surface area contributed by atoms with Gasteiger partial charge in [-0.2, -0.15) is 0 Å². The molecule has 1 saturated carbocycles. The van der Waals surface area contributed by atoms with Gasteiger partial charge in [-0.3, -0.25) is 9.69 Å². The number of ketones is 1. The summed E-state index contributed by atoms with van der Waals surface area (Å²) < 4.78 is 0. The van der Waals surface area contributed by atoms with Crippen molar-refractivity contribution >= 4 is 5.78 Å². The number of Topliss-reactive ketones (excluding diaryl/α,β-unsaturated/α-hetero) is 1. The molecule has 1 aliphatic heterocycles. The molecule has 114 valence electrons. The van der Waals surface area contributed by atoms with Crippen molar-refractivity contribution in [2.24, 2.45) is 5.92 Å². The highest BCUT2D eigenvalue weighted by Crippen LogP contribution is 2.35. The van der Waals surface area contributed by atoms with E-state index in [0.29, 0.717) is 18.4 Å². The van der Waals surface area contributed by atoms with E-state index in [1.165, 1.54) is 49.7 Å². The zero-order valence-corrected chi connectivity index (χ0v) is 13.4. The summed E-state index contributed by atoms with van der Waals surface area (Å²) in [6, 6.07) is 6.79. The van der Waals surface area contributed by atoms with E-state index in [1.54, 1.807) is 0 Å². The molecule has 1 saturated heterocycles. The molecule has 2 unspecified atom stereocenters. The number of rotatable bonds is 3. The van der Waals surface area contributed by atoms with E-state index in [-0.39, 0.29) is 0 Å². The summed E-state index contributed by atoms with van der Waals surface area (Å²) in [6.07, 6.45) is 8.04. The van der Waals surface area contributed by atoms with Crippen molar-refractivity contribution in [3.05, 3.63) is 34.9 Å². The first-order valence-electron chi connectivity index (χ1n) is 8.49. The van der Waals surface area contributed by atoms with Gasteiger partial charge in [-0.25, -0.2) is 0 Å². The number of carbonyl (C=O) groups is 1. The van der Waals surface area contributed by atoms with Crippen LogP contribution in [0.4, 0.5) is 0 Å². The summed E-state index contributed by atoms with van der Waals surface area (Å²) in [5, 5.41) is 0. The third-order valence-electron chi connectivity index (χ3n) is 5.53. The highest BCUT2D eigenvalue weighted by atomic mass is 16.1. The van der Waals surface area contributed by atoms with Crippen LogP contribution in [0.2, 0.25) is 0 Å². The maximum absolute atomic E-state index is 12.6. The molecule has 2 aliphatic rings. The smallest absolute Gasteiger partial charge is 0.176 e. The number of likely N-dealkylation sites (tertiary alicyclic amines) is 1. The summed E-state index contributed by atoms with van der Waals surface area (Å²) in [6.45, 7) is 5.91. The fourth-order valence-corrected chi connectivity index (χ4v) is 4.11. The highest BCUT2D eigenvalue weighted by molar-refractivity contribution is 5.97. The second-order valence-corrected chi connectivity index (χ2v) is 6.95. The second kappa shape index (κ2) is 6.31. The minimum absolute atomic E-state index is 0.296. The zero-order valence-electron chi connectivity index (χ0n) is 13.4. The van der Waals surface area contributed by atoms with Gasteiger partial charge in [-0.1, -0.05) is 25.0 Å². The Bertz CT molecular complexity index is 520. The maximum atomic E-state index is 12.6. The molecule has 0 aromatic heterocycles. The first kappa shape index (κ1) is 14.8. The molecule has 21 heavy (non-hydrogen) atoms. The predicted octanol–water partition coefficient (Wildman–Crippen LogP) is 4.14. The molecule has 0 amide bonds. The van der Waals surface area contributed by atoms with Crippen LogP contribution in [0.5, 0.6) is 0 Å². The molecule has 2 fully saturated rings. The highest BCUT2D eigenvalue weighted by Gasteiger charge is 2.33. The van der Waals surface area contributed by atoms with Gasteiger partial charge >= 0.3 is 0 Å². The average Bonchev–Trinajstić information content (AvgIpc) is 2.50. The first-order valence-corrected chi connectivity index (χ1v) is 8.49. The topological polar surface area (TPSA) is 20.3 Å². The van der Waals surface area contributed by atoms with Crippen LogP contribution in [0.1, 0.15) is 60.0 Å². The van der Waals surface area contributed by atoms with Crippen LogP contribution in [-0.4, -0.2) is 29.8 Å². The van der Waals surface area contributed by atoms with E-state index >= 15 is 0 Å². The van der Waals surface area contributed by atoms with Gasteiger partial charge in [0.05, 0.1) is 6.54 Å². The molecule has 2 heteroatoms. The number of hydrogen-bond donors (Lipinski definition) is 0. The van der Waals surface area contributed by atoms with E-state index in [4.69, 9.17) is 0 Å². The molecule has 2 nitrogen and oxygen atoms in total. The summed E-state index contributed by atoms with van der Waals surface area (Å²) >= 11 is 0. The van der Waals surface area contributed by atoms with E-state index in [1.807, 2.05) is 6.07 Å². The molecule has 1 aromatic carbocycles. The van der Waals surface area contributed by atoms with Crippen LogP contribution >= 0.6 is 0 Å². The van der Waals surface area contributed by atoms with Crippen LogP contribution in [0.3, 0.4) is 0 Å². The molecular formula is C19H27NO. The van der Waals surface area contributed by atoms with Gasteiger partial charge in [-0.15, -0.1) is 0 Å². The van der Waals surface area contributed by atoms with Crippen molar-refractivity contribution in [2.45, 2.75) is 58.4 Å². The molecule has 0 radical (unpaired) electrons. The average molecular weight is 285 g/mol.